The van der Waals surface area contributed by atoms with Gasteiger partial charge in [0.25, 0.3) is 8.32 Å². The first-order chi connectivity index (χ1) is 10.0. The van der Waals surface area contributed by atoms with Crippen LogP contribution < -0.4 is 16.1 Å². The molecule has 1 radical (unpaired) electrons. The lowest BCUT2D eigenvalue weighted by atomic mass is 10.2. The zero-order chi connectivity index (χ0) is 15.3. The molecule has 0 amide bonds. The third kappa shape index (κ3) is 3.10. The Morgan fingerprint density at radius 1 is 0.857 bits per heavy atom. The van der Waals surface area contributed by atoms with Gasteiger partial charge in [-0.05, 0) is 15.4 Å². The van der Waals surface area contributed by atoms with E-state index in [0.717, 1.165) is 0 Å². The summed E-state index contributed by atoms with van der Waals surface area (Å²) in [5.41, 5.74) is 7.51. The fraction of sp³-hybridized carbons (Fsp3) is 0.333. The monoisotopic (exact) mass is 298 g/mol. The van der Waals surface area contributed by atoms with E-state index in [2.05, 4.69) is 69.3 Å². The molecule has 0 atom stereocenters. The summed E-state index contributed by atoms with van der Waals surface area (Å²) in [6.07, 6.45) is 0. The Balaban J connectivity index is 2.66. The van der Waals surface area contributed by atoms with Gasteiger partial charge < -0.3 is 4.43 Å². The van der Waals surface area contributed by atoms with Crippen molar-refractivity contribution in [2.45, 2.75) is 25.8 Å². The Morgan fingerprint density at radius 2 is 1.29 bits per heavy atom. The molecule has 0 aliphatic rings. The van der Waals surface area contributed by atoms with Crippen molar-refractivity contribution in [2.75, 3.05) is 13.2 Å². The van der Waals surface area contributed by atoms with Crippen molar-refractivity contribution in [1.82, 2.24) is 5.73 Å². The lowest BCUT2D eigenvalue weighted by Gasteiger charge is -2.43. The van der Waals surface area contributed by atoms with Crippen LogP contribution in [-0.4, -0.2) is 21.5 Å². The maximum absolute atomic E-state index is 7.51. The quantitative estimate of drug-likeness (QED) is 0.781. The molecule has 0 aliphatic heterocycles. The third-order valence-corrected chi connectivity index (χ3v) is 8.88. The fourth-order valence-corrected chi connectivity index (χ4v) is 7.53. The van der Waals surface area contributed by atoms with E-state index in [-0.39, 0.29) is 5.04 Å². The highest BCUT2D eigenvalue weighted by Gasteiger charge is 2.49. The van der Waals surface area contributed by atoms with Gasteiger partial charge >= 0.3 is 0 Å². The Hall–Kier alpha value is -1.42. The maximum atomic E-state index is 7.51. The van der Waals surface area contributed by atoms with Crippen LogP contribution >= 0.6 is 0 Å². The molecule has 0 aliphatic carbocycles. The second-order valence-electron chi connectivity index (χ2n) is 6.26. The minimum atomic E-state index is -2.39. The molecule has 0 fully saturated rings. The zero-order valence-corrected chi connectivity index (χ0v) is 14.1. The van der Waals surface area contributed by atoms with Crippen LogP contribution in [0.25, 0.3) is 0 Å². The van der Waals surface area contributed by atoms with E-state index in [0.29, 0.717) is 13.2 Å². The molecule has 0 saturated carbocycles. The molecule has 0 spiro atoms. The van der Waals surface area contributed by atoms with Crippen LogP contribution in [0.1, 0.15) is 20.8 Å². The summed E-state index contributed by atoms with van der Waals surface area (Å²) >= 11 is 0. The Bertz CT molecular complexity index is 509. The highest BCUT2D eigenvalue weighted by molar-refractivity contribution is 6.99. The molecular formula is C18H24NOSi. The summed E-state index contributed by atoms with van der Waals surface area (Å²) in [7, 11) is -2.39. The van der Waals surface area contributed by atoms with Crippen LogP contribution in [0, 0.1) is 0 Å². The Morgan fingerprint density at radius 3 is 1.62 bits per heavy atom. The zero-order valence-electron chi connectivity index (χ0n) is 13.1. The average molecular weight is 298 g/mol. The fourth-order valence-electron chi connectivity index (χ4n) is 2.97. The van der Waals surface area contributed by atoms with Crippen molar-refractivity contribution in [3.63, 3.8) is 0 Å². The number of hydrogen-bond donors (Lipinski definition) is 0. The van der Waals surface area contributed by atoms with E-state index < -0.39 is 8.32 Å². The van der Waals surface area contributed by atoms with Gasteiger partial charge in [-0.1, -0.05) is 81.4 Å². The molecule has 0 aromatic heterocycles. The molecule has 2 rings (SSSR count). The van der Waals surface area contributed by atoms with Crippen LogP contribution in [0.3, 0.4) is 0 Å². The van der Waals surface area contributed by atoms with Gasteiger partial charge in [0, 0.05) is 13.2 Å². The van der Waals surface area contributed by atoms with Gasteiger partial charge in [0.2, 0.25) is 0 Å². The van der Waals surface area contributed by atoms with Gasteiger partial charge in [-0.25, -0.2) is 0 Å². The first kappa shape index (κ1) is 16.0. The van der Waals surface area contributed by atoms with Crippen LogP contribution in [0.15, 0.2) is 60.7 Å². The Kier molecular flexibility index (Phi) is 4.98. The summed E-state index contributed by atoms with van der Waals surface area (Å²) in [5, 5.41) is 2.56. The number of rotatable bonds is 5. The van der Waals surface area contributed by atoms with Gasteiger partial charge in [0.1, 0.15) is 0 Å². The van der Waals surface area contributed by atoms with Crippen molar-refractivity contribution in [1.29, 1.82) is 0 Å². The average Bonchev–Trinajstić information content (AvgIpc) is 2.49. The SMILES string of the molecule is CC(C)(C)[Si](OCC[NH])(c1ccccc1)c1ccccc1. The van der Waals surface area contributed by atoms with Crippen LogP contribution in [-0.2, 0) is 4.43 Å². The van der Waals surface area contributed by atoms with Crippen molar-refractivity contribution in [3.05, 3.63) is 60.7 Å². The van der Waals surface area contributed by atoms with Gasteiger partial charge in [-0.2, -0.15) is 0 Å². The first-order valence-electron chi connectivity index (χ1n) is 7.42. The van der Waals surface area contributed by atoms with Crippen LogP contribution in [0.2, 0.25) is 5.04 Å². The molecular weight excluding hydrogens is 274 g/mol. The molecule has 2 aromatic carbocycles. The lowest BCUT2D eigenvalue weighted by Crippen LogP contribution is -2.66. The summed E-state index contributed by atoms with van der Waals surface area (Å²) in [5.74, 6) is 0. The van der Waals surface area contributed by atoms with E-state index in [1.54, 1.807) is 0 Å². The van der Waals surface area contributed by atoms with Gasteiger partial charge in [-0.15, -0.1) is 0 Å². The van der Waals surface area contributed by atoms with E-state index in [1.165, 1.54) is 10.4 Å². The molecule has 3 heteroatoms. The van der Waals surface area contributed by atoms with E-state index in [9.17, 15) is 0 Å². The van der Waals surface area contributed by atoms with Gasteiger partial charge in [0.05, 0.1) is 0 Å². The number of nitrogens with one attached hydrogen (secondary N) is 1. The summed E-state index contributed by atoms with van der Waals surface area (Å²) in [4.78, 5) is 0. The lowest BCUT2D eigenvalue weighted by molar-refractivity contribution is 0.306. The van der Waals surface area contributed by atoms with Crippen LogP contribution in [0.5, 0.6) is 0 Å². The predicted molar refractivity (Wildman–Crippen MR) is 91.5 cm³/mol. The first-order valence-corrected chi connectivity index (χ1v) is 9.33. The van der Waals surface area contributed by atoms with E-state index >= 15 is 0 Å². The predicted octanol–water partition coefficient (Wildman–Crippen LogP) is 2.85. The van der Waals surface area contributed by atoms with Crippen molar-refractivity contribution in [2.24, 2.45) is 0 Å². The highest BCUT2D eigenvalue weighted by Crippen LogP contribution is 2.36. The second-order valence-corrected chi connectivity index (χ2v) is 10.6. The molecule has 0 saturated heterocycles. The molecule has 21 heavy (non-hydrogen) atoms. The normalized spacial score (nSPS) is 12.4. The number of benzene rings is 2. The van der Waals surface area contributed by atoms with E-state index in [4.69, 9.17) is 10.2 Å². The molecule has 0 unspecified atom stereocenters. The third-order valence-electron chi connectivity index (χ3n) is 3.84. The van der Waals surface area contributed by atoms with Gasteiger partial charge in [-0.3, -0.25) is 5.73 Å². The van der Waals surface area contributed by atoms with Crippen molar-refractivity contribution >= 4 is 18.7 Å². The van der Waals surface area contributed by atoms with Crippen molar-refractivity contribution < 1.29 is 4.43 Å². The molecule has 1 N–H and O–H groups in total. The molecule has 0 bridgehead atoms. The Labute approximate surface area is 129 Å². The summed E-state index contributed by atoms with van der Waals surface area (Å²) in [6.45, 7) is 7.54. The smallest absolute Gasteiger partial charge is 0.261 e. The standard InChI is InChI=1S/C18H24NOSi/c1-18(2,3)21(20-15-14-19,16-10-6-4-7-11-16)17-12-8-5-9-13-17/h4-13,19H,14-15H2,1-3H3. The summed E-state index contributed by atoms with van der Waals surface area (Å²) in [6, 6.07) is 21.1. The molecule has 2 nitrogen and oxygen atoms in total. The maximum Gasteiger partial charge on any atom is 0.261 e. The highest BCUT2D eigenvalue weighted by atomic mass is 28.4. The minimum absolute atomic E-state index is 0.00484. The molecule has 111 valence electrons. The topological polar surface area (TPSA) is 33.0 Å². The van der Waals surface area contributed by atoms with Gasteiger partial charge in [0.15, 0.2) is 0 Å². The van der Waals surface area contributed by atoms with E-state index in [1.807, 2.05) is 12.1 Å². The van der Waals surface area contributed by atoms with Crippen LogP contribution in [0.4, 0.5) is 0 Å². The minimum Gasteiger partial charge on any atom is -0.406 e. The largest absolute Gasteiger partial charge is 0.406 e. The number of hydrogen-bond acceptors (Lipinski definition) is 1. The second kappa shape index (κ2) is 6.56. The molecule has 2 aromatic rings. The summed E-state index contributed by atoms with van der Waals surface area (Å²) < 4.78 is 6.47. The van der Waals surface area contributed by atoms with Crippen molar-refractivity contribution in [3.8, 4) is 0 Å². The molecule has 0 heterocycles.